The highest BCUT2D eigenvalue weighted by atomic mass is 16.3. The summed E-state index contributed by atoms with van der Waals surface area (Å²) < 4.78 is 12.6. The standard InChI is InChI=1S/C38H23N3O2/c1-22-9-7-14-29-33-26-19-17-25(21-24(26)18-20-32(33)43-34(22)29)37-39-36(23-10-3-2-4-11-23)40-38(41-37)30-15-8-13-28-27-12-5-6-16-31(27)42-35(28)30/h2-21H,1H3. The maximum atomic E-state index is 6.35. The van der Waals surface area contributed by atoms with Crippen LogP contribution < -0.4 is 0 Å². The quantitative estimate of drug-likeness (QED) is 0.218. The van der Waals surface area contributed by atoms with Gasteiger partial charge in [0.25, 0.3) is 0 Å². The van der Waals surface area contributed by atoms with E-state index in [4.69, 9.17) is 23.8 Å². The van der Waals surface area contributed by atoms with Gasteiger partial charge in [0, 0.05) is 32.7 Å². The molecular formula is C38H23N3O2. The highest BCUT2D eigenvalue weighted by molar-refractivity contribution is 6.19. The van der Waals surface area contributed by atoms with Gasteiger partial charge in [-0.1, -0.05) is 97.1 Å². The molecule has 3 aromatic heterocycles. The highest BCUT2D eigenvalue weighted by Crippen LogP contribution is 2.38. The normalized spacial score (nSPS) is 11.8. The first-order chi connectivity index (χ1) is 21.2. The molecule has 43 heavy (non-hydrogen) atoms. The molecule has 9 rings (SSSR count). The van der Waals surface area contributed by atoms with Crippen LogP contribution in [0, 0.1) is 6.92 Å². The molecule has 0 aliphatic heterocycles. The van der Waals surface area contributed by atoms with Crippen LogP contribution in [0.4, 0.5) is 0 Å². The summed E-state index contributed by atoms with van der Waals surface area (Å²) in [6.07, 6.45) is 0. The molecule has 9 aromatic rings. The predicted octanol–water partition coefficient (Wildman–Crippen LogP) is 10.1. The fourth-order valence-electron chi connectivity index (χ4n) is 6.17. The summed E-state index contributed by atoms with van der Waals surface area (Å²) >= 11 is 0. The molecule has 0 aliphatic carbocycles. The minimum atomic E-state index is 0.570. The van der Waals surface area contributed by atoms with Crippen LogP contribution in [0.2, 0.25) is 0 Å². The van der Waals surface area contributed by atoms with Gasteiger partial charge in [-0.05, 0) is 47.5 Å². The lowest BCUT2D eigenvalue weighted by Crippen LogP contribution is -2.00. The Labute approximate surface area is 246 Å². The number of furan rings is 2. The molecular weight excluding hydrogens is 530 g/mol. The van der Waals surface area contributed by atoms with Crippen LogP contribution in [0.1, 0.15) is 5.56 Å². The van der Waals surface area contributed by atoms with E-state index in [2.05, 4.69) is 67.6 Å². The van der Waals surface area contributed by atoms with Crippen molar-refractivity contribution in [3.05, 3.63) is 127 Å². The van der Waals surface area contributed by atoms with Crippen LogP contribution in [0.5, 0.6) is 0 Å². The Bertz CT molecular complexity index is 2530. The first-order valence-corrected chi connectivity index (χ1v) is 14.3. The molecule has 6 aromatic carbocycles. The zero-order valence-corrected chi connectivity index (χ0v) is 23.2. The second-order valence-corrected chi connectivity index (χ2v) is 10.9. The zero-order chi connectivity index (χ0) is 28.5. The first kappa shape index (κ1) is 23.9. The molecule has 0 saturated carbocycles. The summed E-state index contributed by atoms with van der Waals surface area (Å²) in [6, 6.07) is 41.1. The summed E-state index contributed by atoms with van der Waals surface area (Å²) in [5.41, 5.74) is 7.22. The number of para-hydroxylation sites is 3. The number of aromatic nitrogens is 3. The van der Waals surface area contributed by atoms with Crippen LogP contribution in [-0.2, 0) is 0 Å². The molecule has 0 saturated heterocycles. The van der Waals surface area contributed by atoms with Crippen LogP contribution >= 0.6 is 0 Å². The molecule has 0 N–H and O–H groups in total. The van der Waals surface area contributed by atoms with Crippen molar-refractivity contribution < 1.29 is 8.83 Å². The van der Waals surface area contributed by atoms with Crippen molar-refractivity contribution >= 4 is 54.6 Å². The third-order valence-electron chi connectivity index (χ3n) is 8.25. The molecule has 5 nitrogen and oxygen atoms in total. The predicted molar refractivity (Wildman–Crippen MR) is 173 cm³/mol. The maximum Gasteiger partial charge on any atom is 0.167 e. The second-order valence-electron chi connectivity index (χ2n) is 10.9. The Kier molecular flexibility index (Phi) is 5.05. The summed E-state index contributed by atoms with van der Waals surface area (Å²) in [4.78, 5) is 15.0. The second kappa shape index (κ2) is 9.10. The molecule has 5 heteroatoms. The number of aryl methyl sites for hydroxylation is 1. The van der Waals surface area contributed by atoms with E-state index in [-0.39, 0.29) is 0 Å². The SMILES string of the molecule is Cc1cccc2c1oc1ccc3cc(-c4nc(-c5ccccc5)nc(-c5cccc6c5oc5ccccc56)n4)ccc3c12. The van der Waals surface area contributed by atoms with E-state index >= 15 is 0 Å². The molecule has 3 heterocycles. The van der Waals surface area contributed by atoms with E-state index in [1.165, 1.54) is 0 Å². The van der Waals surface area contributed by atoms with E-state index in [0.29, 0.717) is 17.5 Å². The van der Waals surface area contributed by atoms with Crippen molar-refractivity contribution in [1.29, 1.82) is 0 Å². The van der Waals surface area contributed by atoms with Gasteiger partial charge in [-0.15, -0.1) is 0 Å². The number of hydrogen-bond donors (Lipinski definition) is 0. The lowest BCUT2D eigenvalue weighted by Gasteiger charge is -2.09. The van der Waals surface area contributed by atoms with Gasteiger partial charge in [-0.2, -0.15) is 0 Å². The fourth-order valence-corrected chi connectivity index (χ4v) is 6.17. The summed E-state index contributed by atoms with van der Waals surface area (Å²) in [7, 11) is 0. The third-order valence-corrected chi connectivity index (χ3v) is 8.25. The first-order valence-electron chi connectivity index (χ1n) is 14.3. The summed E-state index contributed by atoms with van der Waals surface area (Å²) in [6.45, 7) is 2.08. The molecule has 0 amide bonds. The van der Waals surface area contributed by atoms with Crippen LogP contribution in [-0.4, -0.2) is 15.0 Å². The minimum Gasteiger partial charge on any atom is -0.456 e. The Morgan fingerprint density at radius 1 is 0.465 bits per heavy atom. The smallest absolute Gasteiger partial charge is 0.167 e. The Morgan fingerprint density at radius 3 is 2.09 bits per heavy atom. The van der Waals surface area contributed by atoms with Crippen LogP contribution in [0.3, 0.4) is 0 Å². The molecule has 0 radical (unpaired) electrons. The van der Waals surface area contributed by atoms with Crippen molar-refractivity contribution in [3.63, 3.8) is 0 Å². The minimum absolute atomic E-state index is 0.570. The molecule has 0 spiro atoms. The fraction of sp³-hybridized carbons (Fsp3) is 0.0263. The Morgan fingerprint density at radius 2 is 1.19 bits per heavy atom. The number of nitrogens with zero attached hydrogens (tertiary/aromatic N) is 3. The lowest BCUT2D eigenvalue weighted by molar-refractivity contribution is 0.666. The van der Waals surface area contributed by atoms with Gasteiger partial charge < -0.3 is 8.83 Å². The van der Waals surface area contributed by atoms with E-state index < -0.39 is 0 Å². The molecule has 0 aliphatic rings. The number of fused-ring (bicyclic) bond motifs is 8. The van der Waals surface area contributed by atoms with E-state index in [1.54, 1.807) is 0 Å². The van der Waals surface area contributed by atoms with E-state index in [0.717, 1.165) is 76.9 Å². The highest BCUT2D eigenvalue weighted by Gasteiger charge is 2.18. The van der Waals surface area contributed by atoms with Crippen molar-refractivity contribution in [1.82, 2.24) is 15.0 Å². The molecule has 0 unspecified atom stereocenters. The molecule has 0 fully saturated rings. The van der Waals surface area contributed by atoms with Crippen molar-refractivity contribution in [3.8, 4) is 34.2 Å². The van der Waals surface area contributed by atoms with E-state index in [1.807, 2.05) is 60.7 Å². The topological polar surface area (TPSA) is 65.0 Å². The van der Waals surface area contributed by atoms with Gasteiger partial charge >= 0.3 is 0 Å². The van der Waals surface area contributed by atoms with Gasteiger partial charge in [0.2, 0.25) is 0 Å². The molecule has 0 atom stereocenters. The maximum absolute atomic E-state index is 6.35. The van der Waals surface area contributed by atoms with Gasteiger partial charge in [0.05, 0.1) is 5.56 Å². The number of hydrogen-bond acceptors (Lipinski definition) is 5. The largest absolute Gasteiger partial charge is 0.456 e. The number of rotatable bonds is 3. The summed E-state index contributed by atoms with van der Waals surface area (Å²) in [5, 5.41) is 6.59. The average Bonchev–Trinajstić information content (AvgIpc) is 3.64. The van der Waals surface area contributed by atoms with Crippen molar-refractivity contribution in [2.45, 2.75) is 6.92 Å². The summed E-state index contributed by atoms with van der Waals surface area (Å²) in [5.74, 6) is 1.78. The van der Waals surface area contributed by atoms with E-state index in [9.17, 15) is 0 Å². The third kappa shape index (κ3) is 3.68. The van der Waals surface area contributed by atoms with Gasteiger partial charge in [-0.3, -0.25) is 0 Å². The molecule has 202 valence electrons. The van der Waals surface area contributed by atoms with Crippen LogP contribution in [0.25, 0.3) is 88.8 Å². The monoisotopic (exact) mass is 553 g/mol. The van der Waals surface area contributed by atoms with Gasteiger partial charge in [0.1, 0.15) is 22.3 Å². The van der Waals surface area contributed by atoms with Gasteiger partial charge in [0.15, 0.2) is 17.5 Å². The van der Waals surface area contributed by atoms with Crippen molar-refractivity contribution in [2.24, 2.45) is 0 Å². The van der Waals surface area contributed by atoms with Gasteiger partial charge in [-0.25, -0.2) is 15.0 Å². The Hall–Kier alpha value is -5.81. The van der Waals surface area contributed by atoms with Crippen molar-refractivity contribution in [2.75, 3.05) is 0 Å². The molecule has 0 bridgehead atoms. The Balaban J connectivity index is 1.27. The average molecular weight is 554 g/mol. The number of benzene rings is 6. The zero-order valence-electron chi connectivity index (χ0n) is 23.2. The lowest BCUT2D eigenvalue weighted by atomic mass is 10.0. The van der Waals surface area contributed by atoms with Crippen LogP contribution in [0.15, 0.2) is 130 Å².